The zero-order valence-electron chi connectivity index (χ0n) is 19.2. The van der Waals surface area contributed by atoms with E-state index in [9.17, 15) is 9.59 Å². The van der Waals surface area contributed by atoms with Crippen LogP contribution in [-0.4, -0.2) is 34.5 Å². The van der Waals surface area contributed by atoms with Crippen molar-refractivity contribution in [2.24, 2.45) is 0 Å². The highest BCUT2D eigenvalue weighted by Crippen LogP contribution is 2.30. The Bertz CT molecular complexity index is 1320. The predicted molar refractivity (Wildman–Crippen MR) is 134 cm³/mol. The molecule has 4 rings (SSSR count). The second kappa shape index (κ2) is 10.1. The van der Waals surface area contributed by atoms with Gasteiger partial charge >= 0.3 is 0 Å². The molecule has 4 aromatic rings. The van der Waals surface area contributed by atoms with Crippen molar-refractivity contribution in [3.8, 4) is 11.1 Å². The maximum Gasteiger partial charge on any atom is 0.262 e. The zero-order valence-corrected chi connectivity index (χ0v) is 20.0. The summed E-state index contributed by atoms with van der Waals surface area (Å²) in [7, 11) is 4.05. The molecule has 0 aliphatic heterocycles. The minimum absolute atomic E-state index is 0.0919. The zero-order chi connectivity index (χ0) is 23.4. The fourth-order valence-corrected chi connectivity index (χ4v) is 4.71. The number of hydrogen-bond acceptors (Lipinski definition) is 5. The molecule has 2 aromatic carbocycles. The van der Waals surface area contributed by atoms with Gasteiger partial charge in [0.1, 0.15) is 4.83 Å². The summed E-state index contributed by atoms with van der Waals surface area (Å²) < 4.78 is 1.53. The molecule has 1 N–H and O–H groups in total. The third-order valence-electron chi connectivity index (χ3n) is 5.58. The molecule has 0 bridgehead atoms. The van der Waals surface area contributed by atoms with Crippen LogP contribution in [0.15, 0.2) is 65.0 Å². The second-order valence-electron chi connectivity index (χ2n) is 8.47. The third kappa shape index (κ3) is 5.38. The first-order valence-electron chi connectivity index (χ1n) is 10.9. The lowest BCUT2D eigenvalue weighted by molar-refractivity contribution is -0.121. The quantitative estimate of drug-likeness (QED) is 0.428. The summed E-state index contributed by atoms with van der Waals surface area (Å²) in [5, 5.41) is 5.58. The maximum atomic E-state index is 13.2. The van der Waals surface area contributed by atoms with Crippen LogP contribution in [0, 0.1) is 6.92 Å². The van der Waals surface area contributed by atoms with Gasteiger partial charge in [0.25, 0.3) is 5.56 Å². The highest BCUT2D eigenvalue weighted by atomic mass is 32.1. The Labute approximate surface area is 197 Å². The lowest BCUT2D eigenvalue weighted by atomic mass is 10.1. The minimum Gasteiger partial charge on any atom is -0.352 e. The van der Waals surface area contributed by atoms with Gasteiger partial charge in [0.15, 0.2) is 0 Å². The maximum absolute atomic E-state index is 13.2. The number of aryl methyl sites for hydroxylation is 2. The van der Waals surface area contributed by atoms with Crippen LogP contribution in [-0.2, 0) is 24.4 Å². The summed E-state index contributed by atoms with van der Waals surface area (Å²) in [6, 6.07) is 16.2. The highest BCUT2D eigenvalue weighted by molar-refractivity contribution is 7.17. The monoisotopic (exact) mass is 460 g/mol. The first kappa shape index (κ1) is 22.9. The summed E-state index contributed by atoms with van der Waals surface area (Å²) >= 11 is 1.46. The normalized spacial score (nSPS) is 11.3. The van der Waals surface area contributed by atoms with E-state index in [-0.39, 0.29) is 24.4 Å². The molecule has 0 radical (unpaired) electrons. The number of carbonyl (C=O) groups is 1. The van der Waals surface area contributed by atoms with E-state index in [0.717, 1.165) is 23.2 Å². The second-order valence-corrected chi connectivity index (χ2v) is 9.33. The van der Waals surface area contributed by atoms with E-state index in [1.165, 1.54) is 27.0 Å². The summed E-state index contributed by atoms with van der Waals surface area (Å²) in [5.74, 6) is -0.0919. The molecule has 0 unspecified atom stereocenters. The van der Waals surface area contributed by atoms with Crippen molar-refractivity contribution in [2.45, 2.75) is 33.0 Å². The molecule has 2 aromatic heterocycles. The van der Waals surface area contributed by atoms with Crippen LogP contribution in [0.1, 0.15) is 23.1 Å². The molecule has 0 saturated heterocycles. The molecular weight excluding hydrogens is 432 g/mol. The molecule has 6 nitrogen and oxygen atoms in total. The van der Waals surface area contributed by atoms with Crippen LogP contribution in [0.2, 0.25) is 0 Å². The average molecular weight is 461 g/mol. The largest absolute Gasteiger partial charge is 0.352 e. The number of benzene rings is 2. The summed E-state index contributed by atoms with van der Waals surface area (Å²) in [5.41, 5.74) is 5.24. The van der Waals surface area contributed by atoms with Gasteiger partial charge in [-0.3, -0.25) is 14.2 Å². The SMILES string of the molecule is Cc1ccc(-c2csc3ncn(CCC(=O)NCc4ccccc4CN(C)C)c(=O)c23)cc1. The molecule has 0 spiro atoms. The predicted octanol–water partition coefficient (Wildman–Crippen LogP) is 4.20. The Hall–Kier alpha value is -3.29. The first-order chi connectivity index (χ1) is 15.9. The number of nitrogens with zero attached hydrogens (tertiary/aromatic N) is 3. The number of fused-ring (bicyclic) bond motifs is 1. The Balaban J connectivity index is 1.45. The van der Waals surface area contributed by atoms with Crippen molar-refractivity contribution in [1.29, 1.82) is 0 Å². The molecule has 33 heavy (non-hydrogen) atoms. The summed E-state index contributed by atoms with van der Waals surface area (Å²) in [4.78, 5) is 33.0. The van der Waals surface area contributed by atoms with Gasteiger partial charge < -0.3 is 10.2 Å². The van der Waals surface area contributed by atoms with Gasteiger partial charge in [-0.05, 0) is 37.7 Å². The van der Waals surface area contributed by atoms with Crippen molar-refractivity contribution in [3.05, 3.63) is 87.3 Å². The summed E-state index contributed by atoms with van der Waals surface area (Å²) in [6.45, 7) is 3.61. The smallest absolute Gasteiger partial charge is 0.262 e. The van der Waals surface area contributed by atoms with E-state index >= 15 is 0 Å². The van der Waals surface area contributed by atoms with Crippen molar-refractivity contribution >= 4 is 27.5 Å². The van der Waals surface area contributed by atoms with Gasteiger partial charge in [0.2, 0.25) is 5.91 Å². The molecule has 0 aliphatic rings. The number of carbonyl (C=O) groups excluding carboxylic acids is 1. The number of amides is 1. The Morgan fingerprint density at radius 3 is 2.55 bits per heavy atom. The first-order valence-corrected chi connectivity index (χ1v) is 11.8. The molecule has 0 aliphatic carbocycles. The molecule has 0 fully saturated rings. The van der Waals surface area contributed by atoms with Crippen LogP contribution in [0.5, 0.6) is 0 Å². The van der Waals surface area contributed by atoms with E-state index in [1.54, 1.807) is 6.33 Å². The van der Waals surface area contributed by atoms with E-state index in [4.69, 9.17) is 0 Å². The van der Waals surface area contributed by atoms with Crippen molar-refractivity contribution in [2.75, 3.05) is 14.1 Å². The molecule has 170 valence electrons. The number of thiophene rings is 1. The van der Waals surface area contributed by atoms with Crippen molar-refractivity contribution in [1.82, 2.24) is 19.8 Å². The molecule has 1 amide bonds. The van der Waals surface area contributed by atoms with E-state index in [1.807, 2.05) is 68.9 Å². The Morgan fingerprint density at radius 2 is 1.82 bits per heavy atom. The van der Waals surface area contributed by atoms with Crippen LogP contribution in [0.4, 0.5) is 0 Å². The highest BCUT2D eigenvalue weighted by Gasteiger charge is 2.14. The van der Waals surface area contributed by atoms with Gasteiger partial charge in [-0.25, -0.2) is 4.98 Å². The van der Waals surface area contributed by atoms with E-state index in [2.05, 4.69) is 21.3 Å². The Morgan fingerprint density at radius 1 is 1.09 bits per heavy atom. The van der Waals surface area contributed by atoms with Gasteiger partial charge in [-0.15, -0.1) is 11.3 Å². The van der Waals surface area contributed by atoms with Crippen molar-refractivity contribution < 1.29 is 4.79 Å². The lowest BCUT2D eigenvalue weighted by Gasteiger charge is -2.14. The number of aromatic nitrogens is 2. The van der Waals surface area contributed by atoms with Gasteiger partial charge in [0, 0.05) is 37.0 Å². The molecule has 0 atom stereocenters. The molecule has 2 heterocycles. The Kier molecular flexibility index (Phi) is 7.01. The average Bonchev–Trinajstić information content (AvgIpc) is 3.23. The van der Waals surface area contributed by atoms with Gasteiger partial charge in [-0.2, -0.15) is 0 Å². The minimum atomic E-state index is -0.110. The third-order valence-corrected chi connectivity index (χ3v) is 6.47. The fraction of sp³-hybridized carbons (Fsp3) is 0.269. The van der Waals surface area contributed by atoms with Crippen LogP contribution >= 0.6 is 11.3 Å². The van der Waals surface area contributed by atoms with E-state index in [0.29, 0.717) is 16.8 Å². The van der Waals surface area contributed by atoms with E-state index < -0.39 is 0 Å². The fourth-order valence-electron chi connectivity index (χ4n) is 3.80. The number of nitrogens with one attached hydrogen (secondary N) is 1. The summed E-state index contributed by atoms with van der Waals surface area (Å²) in [6.07, 6.45) is 1.76. The lowest BCUT2D eigenvalue weighted by Crippen LogP contribution is -2.27. The molecule has 7 heteroatoms. The standard InChI is InChI=1S/C26H28N4O2S/c1-18-8-10-19(11-9-18)22-16-33-25-24(22)26(32)30(17-28-25)13-12-23(31)27-14-20-6-4-5-7-21(20)15-29(2)3/h4-11,16-17H,12-15H2,1-3H3,(H,27,31). The van der Waals surface area contributed by atoms with Crippen LogP contribution in [0.25, 0.3) is 21.3 Å². The van der Waals surface area contributed by atoms with Crippen LogP contribution < -0.4 is 10.9 Å². The van der Waals surface area contributed by atoms with Crippen molar-refractivity contribution in [3.63, 3.8) is 0 Å². The number of hydrogen-bond donors (Lipinski definition) is 1. The molecule has 0 saturated carbocycles. The van der Waals surface area contributed by atoms with Gasteiger partial charge in [0.05, 0.1) is 11.7 Å². The number of rotatable bonds is 8. The molecular formula is C26H28N4O2S. The topological polar surface area (TPSA) is 67.2 Å². The van der Waals surface area contributed by atoms with Gasteiger partial charge in [-0.1, -0.05) is 54.1 Å². The van der Waals surface area contributed by atoms with Crippen LogP contribution in [0.3, 0.4) is 0 Å².